The molecule has 0 spiro atoms. The molecule has 0 aliphatic rings. The van der Waals surface area contributed by atoms with E-state index in [9.17, 15) is 10.2 Å². The van der Waals surface area contributed by atoms with Crippen molar-refractivity contribution in [3.05, 3.63) is 29.8 Å². The Kier molecular flexibility index (Phi) is 5.79. The minimum atomic E-state index is -0.760. The van der Waals surface area contributed by atoms with Gasteiger partial charge in [0, 0.05) is 13.1 Å². The number of aliphatic hydroxyl groups excluding tert-OH is 1. The first-order valence-electron chi connectivity index (χ1n) is 6.62. The molecule has 2 N–H and O–H groups in total. The summed E-state index contributed by atoms with van der Waals surface area (Å²) in [4.78, 5) is 2.03. The van der Waals surface area contributed by atoms with Crippen LogP contribution in [0.4, 0.5) is 0 Å². The molecule has 0 bridgehead atoms. The Balaban J connectivity index is 2.68. The fourth-order valence-corrected chi connectivity index (χ4v) is 2.05. The monoisotopic (exact) mass is 267 g/mol. The second-order valence-corrected chi connectivity index (χ2v) is 5.43. The zero-order valence-corrected chi connectivity index (χ0v) is 12.3. The third kappa shape index (κ3) is 5.59. The zero-order valence-electron chi connectivity index (χ0n) is 12.3. The molecular formula is C15H25NO3. The third-order valence-electron chi connectivity index (χ3n) is 2.97. The number of ether oxygens (including phenoxy) is 1. The van der Waals surface area contributed by atoms with Crippen LogP contribution in [0.5, 0.6) is 5.75 Å². The summed E-state index contributed by atoms with van der Waals surface area (Å²) in [5.41, 5.74) is 0.0675. The van der Waals surface area contributed by atoms with Gasteiger partial charge in [-0.05, 0) is 38.1 Å². The molecule has 0 aliphatic heterocycles. The quantitative estimate of drug-likeness (QED) is 0.791. The Morgan fingerprint density at radius 1 is 1.37 bits per heavy atom. The van der Waals surface area contributed by atoms with Gasteiger partial charge in [-0.15, -0.1) is 0 Å². The topological polar surface area (TPSA) is 52.9 Å². The molecule has 0 amide bonds. The van der Waals surface area contributed by atoms with Crippen molar-refractivity contribution in [2.75, 3.05) is 26.7 Å². The van der Waals surface area contributed by atoms with E-state index in [1.54, 1.807) is 21.0 Å². The van der Waals surface area contributed by atoms with Crippen molar-refractivity contribution in [1.29, 1.82) is 0 Å². The highest BCUT2D eigenvalue weighted by molar-refractivity contribution is 5.29. The lowest BCUT2D eigenvalue weighted by Crippen LogP contribution is -2.40. The normalized spacial score (nSPS) is 13.6. The van der Waals surface area contributed by atoms with Crippen LogP contribution < -0.4 is 4.74 Å². The van der Waals surface area contributed by atoms with Gasteiger partial charge in [0.2, 0.25) is 0 Å². The molecule has 1 unspecified atom stereocenters. The van der Waals surface area contributed by atoms with Crippen molar-refractivity contribution in [3.8, 4) is 5.75 Å². The summed E-state index contributed by atoms with van der Waals surface area (Å²) in [5, 5.41) is 20.1. The Hall–Kier alpha value is -1.10. The Bertz CT molecular complexity index is 387. The molecule has 0 saturated carbocycles. The van der Waals surface area contributed by atoms with Gasteiger partial charge in [-0.3, -0.25) is 4.90 Å². The van der Waals surface area contributed by atoms with Gasteiger partial charge in [-0.1, -0.05) is 19.1 Å². The number of methoxy groups -OCH3 is 1. The third-order valence-corrected chi connectivity index (χ3v) is 2.97. The van der Waals surface area contributed by atoms with E-state index < -0.39 is 11.7 Å². The predicted octanol–water partition coefficient (Wildman–Crippen LogP) is 1.82. The van der Waals surface area contributed by atoms with Crippen molar-refractivity contribution in [3.63, 3.8) is 0 Å². The summed E-state index contributed by atoms with van der Waals surface area (Å²) in [6, 6.07) is 7.43. The minimum absolute atomic E-state index is 0.494. The molecule has 1 aromatic rings. The highest BCUT2D eigenvalue weighted by atomic mass is 16.5. The van der Waals surface area contributed by atoms with E-state index in [4.69, 9.17) is 4.74 Å². The van der Waals surface area contributed by atoms with E-state index in [2.05, 4.69) is 0 Å². The maximum absolute atomic E-state index is 10.3. The van der Waals surface area contributed by atoms with Gasteiger partial charge in [0.25, 0.3) is 0 Å². The standard InChI is InChI=1S/C15H25NO3/c1-5-16(11-15(2,3)18)10-14(17)12-7-6-8-13(9-12)19-4/h6-9,14,17-18H,5,10-11H2,1-4H3. The Morgan fingerprint density at radius 2 is 2.05 bits per heavy atom. The maximum atomic E-state index is 10.3. The number of rotatable bonds is 7. The van der Waals surface area contributed by atoms with E-state index in [1.165, 1.54) is 0 Å². The molecule has 19 heavy (non-hydrogen) atoms. The minimum Gasteiger partial charge on any atom is -0.497 e. The van der Waals surface area contributed by atoms with Crippen molar-refractivity contribution >= 4 is 0 Å². The summed E-state index contributed by atoms with van der Waals surface area (Å²) in [6.07, 6.45) is -0.586. The molecule has 0 radical (unpaired) electrons. The van der Waals surface area contributed by atoms with E-state index >= 15 is 0 Å². The molecule has 4 nitrogen and oxygen atoms in total. The van der Waals surface area contributed by atoms with Crippen LogP contribution in [-0.4, -0.2) is 47.5 Å². The smallest absolute Gasteiger partial charge is 0.119 e. The van der Waals surface area contributed by atoms with Gasteiger partial charge >= 0.3 is 0 Å². The lowest BCUT2D eigenvalue weighted by Gasteiger charge is -2.29. The van der Waals surface area contributed by atoms with Crippen molar-refractivity contribution in [2.24, 2.45) is 0 Å². The zero-order chi connectivity index (χ0) is 14.5. The highest BCUT2D eigenvalue weighted by Gasteiger charge is 2.20. The Morgan fingerprint density at radius 3 is 2.58 bits per heavy atom. The molecule has 0 aliphatic carbocycles. The number of hydrogen-bond acceptors (Lipinski definition) is 4. The van der Waals surface area contributed by atoms with Crippen LogP contribution >= 0.6 is 0 Å². The predicted molar refractivity (Wildman–Crippen MR) is 76.4 cm³/mol. The van der Waals surface area contributed by atoms with Crippen LogP contribution in [0, 0.1) is 0 Å². The highest BCUT2D eigenvalue weighted by Crippen LogP contribution is 2.20. The second kappa shape index (κ2) is 6.89. The molecule has 108 valence electrons. The Labute approximate surface area is 115 Å². The first-order chi connectivity index (χ1) is 8.85. The van der Waals surface area contributed by atoms with E-state index in [0.29, 0.717) is 13.1 Å². The number of hydrogen-bond donors (Lipinski definition) is 2. The van der Waals surface area contributed by atoms with Gasteiger partial charge in [0.05, 0.1) is 18.8 Å². The number of benzene rings is 1. The summed E-state index contributed by atoms with van der Waals surface area (Å²) in [5.74, 6) is 0.738. The van der Waals surface area contributed by atoms with Gasteiger partial charge in [-0.25, -0.2) is 0 Å². The van der Waals surface area contributed by atoms with Gasteiger partial charge < -0.3 is 14.9 Å². The molecule has 0 aromatic heterocycles. The molecule has 0 heterocycles. The summed E-state index contributed by atoms with van der Waals surface area (Å²) in [7, 11) is 1.61. The van der Waals surface area contributed by atoms with E-state index in [-0.39, 0.29) is 0 Å². The largest absolute Gasteiger partial charge is 0.497 e. The van der Waals surface area contributed by atoms with Crippen LogP contribution in [0.2, 0.25) is 0 Å². The van der Waals surface area contributed by atoms with Crippen LogP contribution in [0.25, 0.3) is 0 Å². The molecular weight excluding hydrogens is 242 g/mol. The first-order valence-corrected chi connectivity index (χ1v) is 6.62. The lowest BCUT2D eigenvalue weighted by molar-refractivity contribution is 0.0202. The van der Waals surface area contributed by atoms with Gasteiger partial charge in [0.1, 0.15) is 5.75 Å². The first kappa shape index (κ1) is 16.0. The average Bonchev–Trinajstić information content (AvgIpc) is 2.36. The van der Waals surface area contributed by atoms with E-state index in [1.807, 2.05) is 36.1 Å². The van der Waals surface area contributed by atoms with Crippen LogP contribution in [0.3, 0.4) is 0 Å². The van der Waals surface area contributed by atoms with E-state index in [0.717, 1.165) is 17.9 Å². The lowest BCUT2D eigenvalue weighted by atomic mass is 10.1. The second-order valence-electron chi connectivity index (χ2n) is 5.43. The van der Waals surface area contributed by atoms with Crippen LogP contribution in [-0.2, 0) is 0 Å². The fraction of sp³-hybridized carbons (Fsp3) is 0.600. The maximum Gasteiger partial charge on any atom is 0.119 e. The summed E-state index contributed by atoms with van der Waals surface area (Å²) < 4.78 is 5.15. The van der Waals surface area contributed by atoms with Crippen molar-refractivity contribution in [2.45, 2.75) is 32.5 Å². The van der Waals surface area contributed by atoms with Crippen molar-refractivity contribution in [1.82, 2.24) is 4.90 Å². The molecule has 0 saturated heterocycles. The summed E-state index contributed by atoms with van der Waals surface area (Å²) >= 11 is 0. The van der Waals surface area contributed by atoms with Crippen LogP contribution in [0.1, 0.15) is 32.4 Å². The van der Waals surface area contributed by atoms with Crippen LogP contribution in [0.15, 0.2) is 24.3 Å². The van der Waals surface area contributed by atoms with Gasteiger partial charge in [0.15, 0.2) is 0 Å². The van der Waals surface area contributed by atoms with Crippen molar-refractivity contribution < 1.29 is 14.9 Å². The average molecular weight is 267 g/mol. The summed E-state index contributed by atoms with van der Waals surface area (Å²) in [6.45, 7) is 7.37. The number of aliphatic hydroxyl groups is 2. The van der Waals surface area contributed by atoms with Gasteiger partial charge in [-0.2, -0.15) is 0 Å². The molecule has 1 rings (SSSR count). The SMILES string of the molecule is CCN(CC(O)c1cccc(OC)c1)CC(C)(C)O. The number of likely N-dealkylation sites (N-methyl/N-ethyl adjacent to an activating group) is 1. The molecule has 4 heteroatoms. The fourth-order valence-electron chi connectivity index (χ4n) is 2.05. The molecule has 1 atom stereocenters. The molecule has 0 fully saturated rings. The molecule has 1 aromatic carbocycles. The number of nitrogens with zero attached hydrogens (tertiary/aromatic N) is 1.